The van der Waals surface area contributed by atoms with Gasteiger partial charge < -0.3 is 19.7 Å². The minimum absolute atomic E-state index is 0.117. The van der Waals surface area contributed by atoms with Crippen molar-refractivity contribution in [1.82, 2.24) is 9.88 Å². The van der Waals surface area contributed by atoms with Gasteiger partial charge in [-0.15, -0.1) is 0 Å². The molecule has 1 amide bonds. The Kier molecular flexibility index (Phi) is 3.93. The van der Waals surface area contributed by atoms with Gasteiger partial charge in [0.05, 0.1) is 19.3 Å². The summed E-state index contributed by atoms with van der Waals surface area (Å²) in [5.41, 5.74) is 3.08. The predicted octanol–water partition coefficient (Wildman–Crippen LogP) is 2.42. The van der Waals surface area contributed by atoms with Crippen LogP contribution in [0.1, 0.15) is 17.2 Å². The molecule has 1 aliphatic rings. The summed E-state index contributed by atoms with van der Waals surface area (Å²) in [5, 5.41) is 14.3. The molecule has 0 radical (unpaired) electrons. The first kappa shape index (κ1) is 15.7. The number of hydrogen-bond acceptors (Lipinski definition) is 3. The minimum atomic E-state index is -0.577. The molecule has 1 heterocycles. The van der Waals surface area contributed by atoms with E-state index >= 15 is 0 Å². The first-order chi connectivity index (χ1) is 12.2. The molecule has 2 aromatic carbocycles. The van der Waals surface area contributed by atoms with Gasteiger partial charge in [0, 0.05) is 23.5 Å². The highest BCUT2D eigenvalue weighted by Crippen LogP contribution is 2.31. The van der Waals surface area contributed by atoms with E-state index in [1.165, 1.54) is 0 Å². The van der Waals surface area contributed by atoms with Gasteiger partial charge in [0.15, 0.2) is 0 Å². The Labute approximate surface area is 145 Å². The topological polar surface area (TPSA) is 63.5 Å². The summed E-state index contributed by atoms with van der Waals surface area (Å²) >= 11 is 0. The molecule has 2 unspecified atom stereocenters. The zero-order valence-corrected chi connectivity index (χ0v) is 14.0. The Balaban J connectivity index is 1.51. The summed E-state index contributed by atoms with van der Waals surface area (Å²) in [7, 11) is 1.64. The number of ether oxygens (including phenoxy) is 1. The lowest BCUT2D eigenvalue weighted by molar-refractivity contribution is -0.123. The second-order valence-electron chi connectivity index (χ2n) is 6.38. The van der Waals surface area contributed by atoms with Crippen LogP contribution >= 0.6 is 0 Å². The van der Waals surface area contributed by atoms with Gasteiger partial charge in [-0.3, -0.25) is 4.79 Å². The monoisotopic (exact) mass is 336 g/mol. The molecular formula is C20H20N2O3. The fraction of sp³-hybridized carbons (Fsp3) is 0.250. The molecule has 1 aromatic heterocycles. The van der Waals surface area contributed by atoms with Crippen molar-refractivity contribution in [2.24, 2.45) is 0 Å². The molecule has 128 valence electrons. The van der Waals surface area contributed by atoms with E-state index in [4.69, 9.17) is 4.74 Å². The van der Waals surface area contributed by atoms with Gasteiger partial charge in [0.25, 0.3) is 0 Å². The van der Waals surface area contributed by atoms with Gasteiger partial charge in [0.1, 0.15) is 12.3 Å². The van der Waals surface area contributed by atoms with Crippen molar-refractivity contribution in [3.8, 4) is 5.75 Å². The summed E-state index contributed by atoms with van der Waals surface area (Å²) in [6, 6.07) is 15.2. The van der Waals surface area contributed by atoms with E-state index in [2.05, 4.69) is 5.32 Å². The van der Waals surface area contributed by atoms with Gasteiger partial charge in [-0.25, -0.2) is 0 Å². The van der Waals surface area contributed by atoms with Crippen molar-refractivity contribution in [1.29, 1.82) is 0 Å². The number of carbonyl (C=O) groups excluding carboxylic acids is 1. The predicted molar refractivity (Wildman–Crippen MR) is 95.5 cm³/mol. The van der Waals surface area contributed by atoms with E-state index in [-0.39, 0.29) is 18.5 Å². The third-order valence-electron chi connectivity index (χ3n) is 4.81. The smallest absolute Gasteiger partial charge is 0.240 e. The molecule has 25 heavy (non-hydrogen) atoms. The quantitative estimate of drug-likeness (QED) is 0.769. The molecule has 4 rings (SSSR count). The number of aliphatic hydroxyl groups excluding tert-OH is 1. The molecular weight excluding hydrogens is 316 g/mol. The maximum Gasteiger partial charge on any atom is 0.240 e. The number of hydrogen-bond donors (Lipinski definition) is 2. The second kappa shape index (κ2) is 6.26. The average molecular weight is 336 g/mol. The van der Waals surface area contributed by atoms with Crippen molar-refractivity contribution >= 4 is 16.8 Å². The highest BCUT2D eigenvalue weighted by molar-refractivity contribution is 5.84. The number of benzene rings is 2. The van der Waals surface area contributed by atoms with Crippen LogP contribution in [0.4, 0.5) is 0 Å². The Morgan fingerprint density at radius 3 is 2.96 bits per heavy atom. The molecule has 5 nitrogen and oxygen atoms in total. The number of aliphatic hydroxyl groups is 1. The van der Waals surface area contributed by atoms with Gasteiger partial charge in [-0.05, 0) is 35.4 Å². The SMILES string of the molecule is COc1ccc2c(ccn2CC(=O)NC2c3ccccc3CC2O)c1. The first-order valence-corrected chi connectivity index (χ1v) is 8.34. The average Bonchev–Trinajstić information content (AvgIpc) is 3.16. The summed E-state index contributed by atoms with van der Waals surface area (Å²) < 4.78 is 7.13. The fourth-order valence-electron chi connectivity index (χ4n) is 3.56. The Hall–Kier alpha value is -2.79. The number of nitrogens with one attached hydrogen (secondary N) is 1. The van der Waals surface area contributed by atoms with Crippen molar-refractivity contribution < 1.29 is 14.6 Å². The van der Waals surface area contributed by atoms with Crippen LogP contribution in [-0.2, 0) is 17.8 Å². The number of rotatable bonds is 4. The molecule has 0 bridgehead atoms. The lowest BCUT2D eigenvalue weighted by atomic mass is 10.1. The number of amides is 1. The van der Waals surface area contributed by atoms with E-state index in [0.717, 1.165) is 27.8 Å². The second-order valence-corrected chi connectivity index (χ2v) is 6.38. The van der Waals surface area contributed by atoms with Gasteiger partial charge >= 0.3 is 0 Å². The van der Waals surface area contributed by atoms with Crippen LogP contribution in [0.5, 0.6) is 5.75 Å². The van der Waals surface area contributed by atoms with E-state index < -0.39 is 6.10 Å². The summed E-state index contributed by atoms with van der Waals surface area (Å²) in [4.78, 5) is 12.5. The Morgan fingerprint density at radius 2 is 2.12 bits per heavy atom. The van der Waals surface area contributed by atoms with Crippen molar-refractivity contribution in [2.75, 3.05) is 7.11 Å². The summed E-state index contributed by atoms with van der Waals surface area (Å²) in [5.74, 6) is 0.675. The molecule has 5 heteroatoms. The standard InChI is InChI=1S/C20H20N2O3/c1-25-15-6-7-17-14(10-15)8-9-22(17)12-19(24)21-20-16-5-3-2-4-13(16)11-18(20)23/h2-10,18,20,23H,11-12H2,1H3,(H,21,24). The van der Waals surface area contributed by atoms with Crippen molar-refractivity contribution in [3.63, 3.8) is 0 Å². The summed E-state index contributed by atoms with van der Waals surface area (Å²) in [6.07, 6.45) is 1.89. The third kappa shape index (κ3) is 2.87. The van der Waals surface area contributed by atoms with Crippen LogP contribution in [0.3, 0.4) is 0 Å². The normalized spacial score (nSPS) is 19.0. The highest BCUT2D eigenvalue weighted by Gasteiger charge is 2.31. The van der Waals surface area contributed by atoms with E-state index in [1.807, 2.05) is 59.3 Å². The lowest BCUT2D eigenvalue weighted by Crippen LogP contribution is -2.35. The zero-order chi connectivity index (χ0) is 17.4. The van der Waals surface area contributed by atoms with Crippen LogP contribution in [-0.4, -0.2) is 28.8 Å². The largest absolute Gasteiger partial charge is 0.497 e. The molecule has 2 N–H and O–H groups in total. The number of carbonyl (C=O) groups is 1. The Morgan fingerprint density at radius 1 is 1.28 bits per heavy atom. The molecule has 0 fully saturated rings. The molecule has 2 atom stereocenters. The maximum atomic E-state index is 12.5. The van der Waals surface area contributed by atoms with E-state index in [1.54, 1.807) is 7.11 Å². The van der Waals surface area contributed by atoms with Crippen LogP contribution in [0, 0.1) is 0 Å². The van der Waals surface area contributed by atoms with Crippen LogP contribution in [0.2, 0.25) is 0 Å². The zero-order valence-electron chi connectivity index (χ0n) is 14.0. The van der Waals surface area contributed by atoms with Crippen molar-refractivity contribution in [2.45, 2.75) is 25.1 Å². The molecule has 0 aliphatic heterocycles. The Bertz CT molecular complexity index is 932. The van der Waals surface area contributed by atoms with Crippen LogP contribution < -0.4 is 10.1 Å². The number of methoxy groups -OCH3 is 1. The molecule has 0 spiro atoms. The van der Waals surface area contributed by atoms with E-state index in [0.29, 0.717) is 6.42 Å². The van der Waals surface area contributed by atoms with Gasteiger partial charge in [0.2, 0.25) is 5.91 Å². The fourth-order valence-corrected chi connectivity index (χ4v) is 3.56. The van der Waals surface area contributed by atoms with Crippen LogP contribution in [0.25, 0.3) is 10.9 Å². The highest BCUT2D eigenvalue weighted by atomic mass is 16.5. The van der Waals surface area contributed by atoms with Crippen LogP contribution in [0.15, 0.2) is 54.7 Å². The van der Waals surface area contributed by atoms with Crippen molar-refractivity contribution in [3.05, 3.63) is 65.9 Å². The number of fused-ring (bicyclic) bond motifs is 2. The van der Waals surface area contributed by atoms with E-state index in [9.17, 15) is 9.90 Å². The molecule has 0 saturated heterocycles. The first-order valence-electron chi connectivity index (χ1n) is 8.34. The minimum Gasteiger partial charge on any atom is -0.497 e. The number of aromatic nitrogens is 1. The lowest BCUT2D eigenvalue weighted by Gasteiger charge is -2.18. The third-order valence-corrected chi connectivity index (χ3v) is 4.81. The maximum absolute atomic E-state index is 12.5. The molecule has 0 saturated carbocycles. The van der Waals surface area contributed by atoms with Gasteiger partial charge in [-0.2, -0.15) is 0 Å². The molecule has 1 aliphatic carbocycles. The molecule has 3 aromatic rings. The van der Waals surface area contributed by atoms with Gasteiger partial charge in [-0.1, -0.05) is 24.3 Å². The number of nitrogens with zero attached hydrogens (tertiary/aromatic N) is 1. The summed E-state index contributed by atoms with van der Waals surface area (Å²) in [6.45, 7) is 0.210.